The van der Waals surface area contributed by atoms with Gasteiger partial charge < -0.3 is 25.4 Å². The van der Waals surface area contributed by atoms with Crippen molar-refractivity contribution in [3.63, 3.8) is 0 Å². The minimum atomic E-state index is -0.300. The number of nitrogens with one attached hydrogen (secondary N) is 3. The second-order valence-corrected chi connectivity index (χ2v) is 6.63. The number of hydrogen-bond acceptors (Lipinski definition) is 5. The lowest BCUT2D eigenvalue weighted by atomic mass is 10.2. The van der Waals surface area contributed by atoms with Crippen LogP contribution in [-0.2, 0) is 4.79 Å². The molecular weight excluding hydrogens is 384 g/mol. The van der Waals surface area contributed by atoms with E-state index < -0.39 is 0 Å². The van der Waals surface area contributed by atoms with Gasteiger partial charge in [0.2, 0.25) is 5.91 Å². The Morgan fingerprint density at radius 3 is 2.43 bits per heavy atom. The first-order valence-electron chi connectivity index (χ1n) is 9.42. The van der Waals surface area contributed by atoms with E-state index in [2.05, 4.69) is 16.0 Å². The second-order valence-electron chi connectivity index (χ2n) is 6.63. The third kappa shape index (κ3) is 6.27. The van der Waals surface area contributed by atoms with E-state index in [9.17, 15) is 9.59 Å². The van der Waals surface area contributed by atoms with Crippen LogP contribution in [0.1, 0.15) is 18.4 Å². The number of amides is 3. The van der Waals surface area contributed by atoms with Gasteiger partial charge in [-0.05, 0) is 60.9 Å². The summed E-state index contributed by atoms with van der Waals surface area (Å²) in [6.45, 7) is -0.0759. The molecule has 3 amide bonds. The molecule has 0 bridgehead atoms. The topological polar surface area (TPSA) is 112 Å². The van der Waals surface area contributed by atoms with Gasteiger partial charge in [0, 0.05) is 23.5 Å². The summed E-state index contributed by atoms with van der Waals surface area (Å²) < 4.78 is 10.5. The zero-order valence-electron chi connectivity index (χ0n) is 16.5. The van der Waals surface area contributed by atoms with Crippen molar-refractivity contribution in [2.45, 2.75) is 18.9 Å². The Bertz CT molecular complexity index is 976. The molecule has 1 aliphatic carbocycles. The van der Waals surface area contributed by atoms with E-state index in [-0.39, 0.29) is 24.6 Å². The number of anilines is 2. The Morgan fingerprint density at radius 2 is 1.80 bits per heavy atom. The van der Waals surface area contributed by atoms with Crippen LogP contribution in [0.5, 0.6) is 11.5 Å². The zero-order valence-corrected chi connectivity index (χ0v) is 16.5. The number of nitrogens with zero attached hydrogens (tertiary/aromatic N) is 1. The number of carbonyl (C=O) groups is 2. The van der Waals surface area contributed by atoms with Crippen LogP contribution in [0.25, 0.3) is 6.08 Å². The van der Waals surface area contributed by atoms with Crippen molar-refractivity contribution in [2.24, 2.45) is 0 Å². The number of rotatable bonds is 8. The summed E-state index contributed by atoms with van der Waals surface area (Å²) >= 11 is 0. The van der Waals surface area contributed by atoms with E-state index in [1.165, 1.54) is 13.2 Å². The summed E-state index contributed by atoms with van der Waals surface area (Å²) in [5.74, 6) is 0.632. The van der Waals surface area contributed by atoms with E-state index in [0.29, 0.717) is 22.9 Å². The van der Waals surface area contributed by atoms with Gasteiger partial charge in [-0.15, -0.1) is 0 Å². The molecule has 0 aromatic heterocycles. The smallest absolute Gasteiger partial charge is 0.319 e. The van der Waals surface area contributed by atoms with Gasteiger partial charge in [-0.2, -0.15) is 5.26 Å². The van der Waals surface area contributed by atoms with Crippen LogP contribution in [-0.4, -0.2) is 31.7 Å². The minimum absolute atomic E-state index is 0.0759. The quantitative estimate of drug-likeness (QED) is 0.581. The van der Waals surface area contributed by atoms with Crippen LogP contribution in [0.15, 0.2) is 48.5 Å². The molecule has 0 saturated heterocycles. The Hall–Kier alpha value is -3.99. The molecule has 0 spiro atoms. The molecule has 0 radical (unpaired) electrons. The summed E-state index contributed by atoms with van der Waals surface area (Å²) in [6, 6.07) is 14.0. The minimum Gasteiger partial charge on any atom is -0.493 e. The summed E-state index contributed by atoms with van der Waals surface area (Å²) in [4.78, 5) is 23.9. The van der Waals surface area contributed by atoms with Gasteiger partial charge in [-0.1, -0.05) is 6.07 Å². The number of nitriles is 1. The van der Waals surface area contributed by atoms with Crippen molar-refractivity contribution in [3.8, 4) is 17.6 Å². The third-order valence-corrected chi connectivity index (χ3v) is 4.23. The molecule has 0 unspecified atom stereocenters. The Morgan fingerprint density at radius 1 is 1.10 bits per heavy atom. The van der Waals surface area contributed by atoms with Gasteiger partial charge in [-0.3, -0.25) is 4.79 Å². The molecule has 0 atom stereocenters. The normalized spacial score (nSPS) is 12.7. The van der Waals surface area contributed by atoms with Gasteiger partial charge in [0.1, 0.15) is 6.07 Å². The Kier molecular flexibility index (Phi) is 6.90. The maximum Gasteiger partial charge on any atom is 0.319 e. The molecule has 3 rings (SSSR count). The molecular formula is C22H22N4O4. The van der Waals surface area contributed by atoms with Gasteiger partial charge in [0.05, 0.1) is 7.11 Å². The van der Waals surface area contributed by atoms with Crippen LogP contribution >= 0.6 is 0 Å². The second kappa shape index (κ2) is 9.98. The molecule has 8 nitrogen and oxygen atoms in total. The number of urea groups is 1. The van der Waals surface area contributed by atoms with Crippen molar-refractivity contribution < 1.29 is 19.1 Å². The predicted molar refractivity (Wildman–Crippen MR) is 113 cm³/mol. The maximum atomic E-state index is 12.2. The number of hydrogen-bond donors (Lipinski definition) is 3. The van der Waals surface area contributed by atoms with Gasteiger partial charge in [0.15, 0.2) is 18.1 Å². The van der Waals surface area contributed by atoms with Crippen LogP contribution in [0.3, 0.4) is 0 Å². The average molecular weight is 406 g/mol. The molecule has 3 N–H and O–H groups in total. The molecule has 154 valence electrons. The SMILES string of the molecule is COc1cc(/C=C/C(=O)Nc2ccc(NC(=O)NC3CC3)cc2)ccc1OCC#N. The molecule has 8 heteroatoms. The van der Waals surface area contributed by atoms with Crippen molar-refractivity contribution in [2.75, 3.05) is 24.4 Å². The number of carbonyl (C=O) groups excluding carboxylic acids is 2. The highest BCUT2D eigenvalue weighted by molar-refractivity contribution is 6.02. The fourth-order valence-corrected chi connectivity index (χ4v) is 2.59. The first-order chi connectivity index (χ1) is 14.6. The van der Waals surface area contributed by atoms with E-state index >= 15 is 0 Å². The fraction of sp³-hybridized carbons (Fsp3) is 0.227. The van der Waals surface area contributed by atoms with E-state index in [0.717, 1.165) is 18.4 Å². The monoisotopic (exact) mass is 406 g/mol. The van der Waals surface area contributed by atoms with Crippen molar-refractivity contribution >= 4 is 29.4 Å². The highest BCUT2D eigenvalue weighted by atomic mass is 16.5. The molecule has 1 aliphatic rings. The fourth-order valence-electron chi connectivity index (χ4n) is 2.59. The van der Waals surface area contributed by atoms with Crippen LogP contribution < -0.4 is 25.4 Å². The highest BCUT2D eigenvalue weighted by Crippen LogP contribution is 2.28. The van der Waals surface area contributed by atoms with Crippen LogP contribution in [0.4, 0.5) is 16.2 Å². The first kappa shape index (κ1) is 20.7. The first-order valence-corrected chi connectivity index (χ1v) is 9.42. The summed E-state index contributed by atoms with van der Waals surface area (Å²) in [6.07, 6.45) is 5.10. The Labute approximate surface area is 174 Å². The zero-order chi connectivity index (χ0) is 21.3. The molecule has 1 fully saturated rings. The molecule has 2 aromatic rings. The maximum absolute atomic E-state index is 12.2. The lowest BCUT2D eigenvalue weighted by Crippen LogP contribution is -2.30. The highest BCUT2D eigenvalue weighted by Gasteiger charge is 2.23. The van der Waals surface area contributed by atoms with Crippen molar-refractivity contribution in [3.05, 3.63) is 54.1 Å². The van der Waals surface area contributed by atoms with Crippen LogP contribution in [0, 0.1) is 11.3 Å². The molecule has 0 aliphatic heterocycles. The largest absolute Gasteiger partial charge is 0.493 e. The van der Waals surface area contributed by atoms with Gasteiger partial charge in [-0.25, -0.2) is 4.79 Å². The lowest BCUT2D eigenvalue weighted by Gasteiger charge is -2.09. The standard InChI is InChI=1S/C22H22N4O4/c1-29-20-14-15(2-10-19(20)30-13-12-23)3-11-21(27)24-16-4-6-17(7-5-16)25-22(28)26-18-8-9-18/h2-7,10-11,14,18H,8-9,13H2,1H3,(H,24,27)(H2,25,26,28)/b11-3+. The van der Waals surface area contributed by atoms with Gasteiger partial charge in [0.25, 0.3) is 0 Å². The van der Waals surface area contributed by atoms with E-state index in [1.54, 1.807) is 48.5 Å². The van der Waals surface area contributed by atoms with Crippen molar-refractivity contribution in [1.82, 2.24) is 5.32 Å². The summed E-state index contributed by atoms with van der Waals surface area (Å²) in [5, 5.41) is 17.0. The number of benzene rings is 2. The third-order valence-electron chi connectivity index (χ3n) is 4.23. The summed E-state index contributed by atoms with van der Waals surface area (Å²) in [5.41, 5.74) is 2.00. The molecule has 1 saturated carbocycles. The Balaban J connectivity index is 1.53. The molecule has 30 heavy (non-hydrogen) atoms. The van der Waals surface area contributed by atoms with Crippen molar-refractivity contribution in [1.29, 1.82) is 5.26 Å². The molecule has 2 aromatic carbocycles. The lowest BCUT2D eigenvalue weighted by molar-refractivity contribution is -0.111. The van der Waals surface area contributed by atoms with E-state index in [4.69, 9.17) is 14.7 Å². The number of methoxy groups -OCH3 is 1. The molecule has 0 heterocycles. The number of ether oxygens (including phenoxy) is 2. The van der Waals surface area contributed by atoms with Gasteiger partial charge >= 0.3 is 6.03 Å². The average Bonchev–Trinajstić information content (AvgIpc) is 3.56. The predicted octanol–water partition coefficient (Wildman–Crippen LogP) is 3.53. The van der Waals surface area contributed by atoms with Crippen LogP contribution in [0.2, 0.25) is 0 Å². The van der Waals surface area contributed by atoms with E-state index in [1.807, 2.05) is 6.07 Å². The summed E-state index contributed by atoms with van der Waals surface area (Å²) in [7, 11) is 1.50.